The third-order valence-corrected chi connectivity index (χ3v) is 2.02. The van der Waals surface area contributed by atoms with Crippen LogP contribution < -0.4 is 5.32 Å². The number of rotatable bonds is 4. The molecule has 0 aliphatic rings. The van der Waals surface area contributed by atoms with Gasteiger partial charge in [-0.15, -0.1) is 0 Å². The summed E-state index contributed by atoms with van der Waals surface area (Å²) >= 11 is 5.67. The van der Waals surface area contributed by atoms with Crippen LogP contribution in [0.1, 0.15) is 13.3 Å². The van der Waals surface area contributed by atoms with Crippen molar-refractivity contribution in [2.24, 2.45) is 0 Å². The first-order valence-corrected chi connectivity index (χ1v) is 5.19. The number of nitrogens with zero attached hydrogens (tertiary/aromatic N) is 6. The maximum Gasteiger partial charge on any atom is 0.248 e. The number of nitrogens with one attached hydrogen (secondary N) is 1. The van der Waals surface area contributed by atoms with Gasteiger partial charge in [0.25, 0.3) is 0 Å². The van der Waals surface area contributed by atoms with E-state index in [4.69, 9.17) is 11.6 Å². The van der Waals surface area contributed by atoms with Crippen molar-refractivity contribution >= 4 is 23.4 Å². The van der Waals surface area contributed by atoms with Crippen molar-refractivity contribution < 1.29 is 0 Å². The lowest BCUT2D eigenvalue weighted by molar-refractivity contribution is 0.584. The molecule has 84 valence electrons. The van der Waals surface area contributed by atoms with E-state index in [0.29, 0.717) is 11.8 Å². The summed E-state index contributed by atoms with van der Waals surface area (Å²) < 4.78 is 1.66. The van der Waals surface area contributed by atoms with E-state index in [1.807, 2.05) is 6.92 Å². The van der Waals surface area contributed by atoms with Gasteiger partial charge in [0.15, 0.2) is 0 Å². The first-order valence-electron chi connectivity index (χ1n) is 4.81. The van der Waals surface area contributed by atoms with Gasteiger partial charge in [0.2, 0.25) is 11.2 Å². The quantitative estimate of drug-likeness (QED) is 0.810. The molecule has 2 rings (SSSR count). The highest BCUT2D eigenvalue weighted by molar-refractivity contribution is 6.28. The normalized spacial score (nSPS) is 10.4. The van der Waals surface area contributed by atoms with Gasteiger partial charge in [-0.2, -0.15) is 0 Å². The van der Waals surface area contributed by atoms with Crippen LogP contribution >= 0.6 is 11.6 Å². The molecule has 1 N–H and O–H groups in total. The van der Waals surface area contributed by atoms with E-state index in [1.54, 1.807) is 16.9 Å². The van der Waals surface area contributed by atoms with Crippen molar-refractivity contribution in [2.75, 3.05) is 5.32 Å². The zero-order chi connectivity index (χ0) is 11.4. The number of hydrogen-bond acceptors (Lipinski definition) is 6. The SMILES string of the molecule is CCCn1nnnc1Nc1ccnc(Cl)n1. The van der Waals surface area contributed by atoms with Gasteiger partial charge >= 0.3 is 0 Å². The van der Waals surface area contributed by atoms with Crippen molar-refractivity contribution in [2.45, 2.75) is 19.9 Å². The summed E-state index contributed by atoms with van der Waals surface area (Å²) in [6, 6.07) is 1.69. The summed E-state index contributed by atoms with van der Waals surface area (Å²) in [6.45, 7) is 2.79. The van der Waals surface area contributed by atoms with E-state index in [0.717, 1.165) is 13.0 Å². The van der Waals surface area contributed by atoms with Crippen LogP contribution in [-0.2, 0) is 6.54 Å². The van der Waals surface area contributed by atoms with E-state index >= 15 is 0 Å². The van der Waals surface area contributed by atoms with Crippen LogP contribution in [0, 0.1) is 0 Å². The third-order valence-electron chi connectivity index (χ3n) is 1.83. The van der Waals surface area contributed by atoms with Crippen LogP contribution in [0.5, 0.6) is 0 Å². The van der Waals surface area contributed by atoms with Gasteiger partial charge in [-0.05, 0) is 34.5 Å². The van der Waals surface area contributed by atoms with Gasteiger partial charge in [0, 0.05) is 12.7 Å². The lowest BCUT2D eigenvalue weighted by atomic mass is 10.5. The molecule has 0 saturated carbocycles. The molecule has 0 atom stereocenters. The van der Waals surface area contributed by atoms with E-state index in [1.165, 1.54) is 0 Å². The van der Waals surface area contributed by atoms with E-state index < -0.39 is 0 Å². The highest BCUT2D eigenvalue weighted by Gasteiger charge is 2.06. The van der Waals surface area contributed by atoms with Gasteiger partial charge in [0.1, 0.15) is 5.82 Å². The highest BCUT2D eigenvalue weighted by atomic mass is 35.5. The van der Waals surface area contributed by atoms with E-state index in [-0.39, 0.29) is 5.28 Å². The van der Waals surface area contributed by atoms with Gasteiger partial charge in [-0.1, -0.05) is 12.0 Å². The molecular formula is C8H10ClN7. The summed E-state index contributed by atoms with van der Waals surface area (Å²) in [7, 11) is 0. The Kier molecular flexibility index (Phi) is 3.25. The summed E-state index contributed by atoms with van der Waals surface area (Å²) in [5.74, 6) is 1.10. The number of aryl methyl sites for hydroxylation is 1. The molecular weight excluding hydrogens is 230 g/mol. The Morgan fingerprint density at radius 1 is 1.50 bits per heavy atom. The molecule has 2 aromatic heterocycles. The van der Waals surface area contributed by atoms with Crippen molar-refractivity contribution in [3.8, 4) is 0 Å². The fourth-order valence-electron chi connectivity index (χ4n) is 1.18. The first kappa shape index (κ1) is 10.7. The Bertz CT molecular complexity index is 469. The third kappa shape index (κ3) is 2.43. The number of halogens is 1. The average Bonchev–Trinajstić information content (AvgIpc) is 2.66. The zero-order valence-electron chi connectivity index (χ0n) is 8.63. The lowest BCUT2D eigenvalue weighted by Crippen LogP contribution is -2.06. The zero-order valence-corrected chi connectivity index (χ0v) is 9.39. The smallest absolute Gasteiger partial charge is 0.248 e. The van der Waals surface area contributed by atoms with Crippen LogP contribution in [0.2, 0.25) is 5.28 Å². The predicted octanol–water partition coefficient (Wildman–Crippen LogP) is 1.27. The number of tetrazole rings is 1. The van der Waals surface area contributed by atoms with Gasteiger partial charge < -0.3 is 5.32 Å². The minimum atomic E-state index is 0.180. The van der Waals surface area contributed by atoms with Gasteiger partial charge in [-0.25, -0.2) is 14.6 Å². The second-order valence-electron chi connectivity index (χ2n) is 3.06. The second-order valence-corrected chi connectivity index (χ2v) is 3.40. The summed E-state index contributed by atoms with van der Waals surface area (Å²) in [5, 5.41) is 14.4. The molecule has 0 radical (unpaired) electrons. The average molecular weight is 240 g/mol. The Morgan fingerprint density at radius 2 is 2.38 bits per heavy atom. The number of anilines is 2. The summed E-state index contributed by atoms with van der Waals surface area (Å²) in [4.78, 5) is 7.77. The largest absolute Gasteiger partial charge is 0.307 e. The monoisotopic (exact) mass is 239 g/mol. The minimum absolute atomic E-state index is 0.180. The number of aromatic nitrogens is 6. The Hall–Kier alpha value is -1.76. The molecule has 8 heteroatoms. The van der Waals surface area contributed by atoms with Crippen molar-refractivity contribution in [3.63, 3.8) is 0 Å². The van der Waals surface area contributed by atoms with Crippen molar-refractivity contribution in [3.05, 3.63) is 17.5 Å². The molecule has 0 fully saturated rings. The predicted molar refractivity (Wildman–Crippen MR) is 58.4 cm³/mol. The van der Waals surface area contributed by atoms with Crippen LogP contribution in [0.15, 0.2) is 12.3 Å². The molecule has 0 aliphatic heterocycles. The Labute approximate surface area is 96.9 Å². The van der Waals surface area contributed by atoms with Crippen LogP contribution in [0.3, 0.4) is 0 Å². The van der Waals surface area contributed by atoms with Gasteiger partial charge in [0.05, 0.1) is 0 Å². The molecule has 2 heterocycles. The first-order chi connectivity index (χ1) is 7.79. The number of hydrogen-bond donors (Lipinski definition) is 1. The fourth-order valence-corrected chi connectivity index (χ4v) is 1.32. The van der Waals surface area contributed by atoms with Crippen LogP contribution in [-0.4, -0.2) is 30.2 Å². The van der Waals surface area contributed by atoms with E-state index in [9.17, 15) is 0 Å². The highest BCUT2D eigenvalue weighted by Crippen LogP contribution is 2.11. The standard InChI is InChI=1S/C8H10ClN7/c1-2-5-16-8(13-14-15-16)12-6-3-4-10-7(9)11-6/h3-4H,2,5H2,1H3,(H,10,11,12,13,15). The summed E-state index contributed by atoms with van der Waals surface area (Å²) in [6.07, 6.45) is 2.51. The fraction of sp³-hybridized carbons (Fsp3) is 0.375. The molecule has 2 aromatic rings. The molecule has 0 unspecified atom stereocenters. The molecule has 7 nitrogen and oxygen atoms in total. The molecule has 0 saturated heterocycles. The maximum atomic E-state index is 5.67. The topological polar surface area (TPSA) is 81.4 Å². The van der Waals surface area contributed by atoms with Gasteiger partial charge in [-0.3, -0.25) is 0 Å². The molecule has 0 amide bonds. The van der Waals surface area contributed by atoms with E-state index in [2.05, 4.69) is 30.8 Å². The maximum absolute atomic E-state index is 5.67. The second kappa shape index (κ2) is 4.84. The lowest BCUT2D eigenvalue weighted by Gasteiger charge is -2.04. The molecule has 0 bridgehead atoms. The molecule has 0 spiro atoms. The molecule has 0 aromatic carbocycles. The van der Waals surface area contributed by atoms with Crippen molar-refractivity contribution in [1.82, 2.24) is 30.2 Å². The summed E-state index contributed by atoms with van der Waals surface area (Å²) in [5.41, 5.74) is 0. The Morgan fingerprint density at radius 3 is 3.12 bits per heavy atom. The van der Waals surface area contributed by atoms with Crippen LogP contribution in [0.4, 0.5) is 11.8 Å². The Balaban J connectivity index is 2.17. The molecule has 0 aliphatic carbocycles. The minimum Gasteiger partial charge on any atom is -0.307 e. The van der Waals surface area contributed by atoms with Crippen molar-refractivity contribution in [1.29, 1.82) is 0 Å². The molecule has 16 heavy (non-hydrogen) atoms. The van der Waals surface area contributed by atoms with Crippen LogP contribution in [0.25, 0.3) is 0 Å².